The number of benzene rings is 1. The van der Waals surface area contributed by atoms with Crippen LogP contribution in [0.5, 0.6) is 0 Å². The number of hydrogen-bond donors (Lipinski definition) is 1. The van der Waals surface area contributed by atoms with Gasteiger partial charge in [-0.1, -0.05) is 13.0 Å². The van der Waals surface area contributed by atoms with Crippen molar-refractivity contribution in [1.82, 2.24) is 14.9 Å². The number of aromatic nitrogens is 2. The number of likely N-dealkylation sites (N-methyl/N-ethyl adjacent to an activating group) is 1. The molecular formula is C15H19F2N3. The summed E-state index contributed by atoms with van der Waals surface area (Å²) >= 11 is 0. The standard InChI is InChI=1S/C15H19F2N3/c1-3-18-14(15-19-7-8-20(15)4-2)10-11-5-6-12(16)13(17)9-11/h5-9,14,18H,3-4,10H2,1-2H3. The molecule has 0 saturated carbocycles. The highest BCUT2D eigenvalue weighted by Gasteiger charge is 2.17. The van der Waals surface area contributed by atoms with Gasteiger partial charge in [0.2, 0.25) is 0 Å². The van der Waals surface area contributed by atoms with Gasteiger partial charge >= 0.3 is 0 Å². The zero-order chi connectivity index (χ0) is 14.5. The fraction of sp³-hybridized carbons (Fsp3) is 0.400. The molecule has 1 aromatic heterocycles. The van der Waals surface area contributed by atoms with Gasteiger partial charge in [0.1, 0.15) is 5.82 Å². The summed E-state index contributed by atoms with van der Waals surface area (Å²) in [5, 5.41) is 3.34. The Bertz CT molecular complexity index is 566. The second-order valence-electron chi connectivity index (χ2n) is 4.63. The smallest absolute Gasteiger partial charge is 0.159 e. The summed E-state index contributed by atoms with van der Waals surface area (Å²) in [6.45, 7) is 5.67. The summed E-state index contributed by atoms with van der Waals surface area (Å²) in [6.07, 6.45) is 4.25. The molecule has 3 nitrogen and oxygen atoms in total. The van der Waals surface area contributed by atoms with Crippen LogP contribution in [0, 0.1) is 11.6 Å². The maximum atomic E-state index is 13.3. The van der Waals surface area contributed by atoms with Crippen LogP contribution in [0.1, 0.15) is 31.3 Å². The Hall–Kier alpha value is -1.75. The van der Waals surface area contributed by atoms with Crippen LogP contribution in [-0.2, 0) is 13.0 Å². The van der Waals surface area contributed by atoms with Crippen LogP contribution in [0.2, 0.25) is 0 Å². The van der Waals surface area contributed by atoms with E-state index in [1.54, 1.807) is 12.3 Å². The monoisotopic (exact) mass is 279 g/mol. The van der Waals surface area contributed by atoms with Crippen LogP contribution in [0.15, 0.2) is 30.6 Å². The number of halogens is 2. The molecule has 108 valence electrons. The number of aryl methyl sites for hydroxylation is 1. The highest BCUT2D eigenvalue weighted by Crippen LogP contribution is 2.19. The molecule has 0 fully saturated rings. The summed E-state index contributed by atoms with van der Waals surface area (Å²) in [7, 11) is 0. The van der Waals surface area contributed by atoms with Crippen molar-refractivity contribution < 1.29 is 8.78 Å². The summed E-state index contributed by atoms with van der Waals surface area (Å²) in [6, 6.07) is 4.01. The molecule has 0 bridgehead atoms. The van der Waals surface area contributed by atoms with Gasteiger partial charge in [0.25, 0.3) is 0 Å². The predicted molar refractivity (Wildman–Crippen MR) is 74.4 cm³/mol. The Morgan fingerprint density at radius 3 is 2.70 bits per heavy atom. The first-order chi connectivity index (χ1) is 9.65. The Labute approximate surface area is 117 Å². The van der Waals surface area contributed by atoms with E-state index < -0.39 is 11.6 Å². The van der Waals surface area contributed by atoms with Crippen molar-refractivity contribution in [2.24, 2.45) is 0 Å². The van der Waals surface area contributed by atoms with Gasteiger partial charge in [-0.2, -0.15) is 0 Å². The molecule has 2 rings (SSSR count). The van der Waals surface area contributed by atoms with Gasteiger partial charge < -0.3 is 9.88 Å². The van der Waals surface area contributed by atoms with Gasteiger partial charge in [-0.15, -0.1) is 0 Å². The third-order valence-corrected chi connectivity index (χ3v) is 3.27. The maximum absolute atomic E-state index is 13.3. The molecule has 0 saturated heterocycles. The fourth-order valence-corrected chi connectivity index (χ4v) is 2.30. The second kappa shape index (κ2) is 6.61. The number of nitrogens with one attached hydrogen (secondary N) is 1. The van der Waals surface area contributed by atoms with E-state index in [4.69, 9.17) is 0 Å². The minimum atomic E-state index is -0.816. The van der Waals surface area contributed by atoms with Gasteiger partial charge in [-0.3, -0.25) is 0 Å². The molecule has 1 unspecified atom stereocenters. The molecule has 20 heavy (non-hydrogen) atoms. The average molecular weight is 279 g/mol. The van der Waals surface area contributed by atoms with Crippen molar-refractivity contribution in [3.8, 4) is 0 Å². The molecular weight excluding hydrogens is 260 g/mol. The van der Waals surface area contributed by atoms with Crippen molar-refractivity contribution in [2.45, 2.75) is 32.9 Å². The van der Waals surface area contributed by atoms with E-state index >= 15 is 0 Å². The van der Waals surface area contributed by atoms with E-state index in [1.807, 2.05) is 24.6 Å². The van der Waals surface area contributed by atoms with Crippen LogP contribution < -0.4 is 5.32 Å². The van der Waals surface area contributed by atoms with Crippen LogP contribution >= 0.6 is 0 Å². The Balaban J connectivity index is 2.23. The number of hydrogen-bond acceptors (Lipinski definition) is 2. The molecule has 1 N–H and O–H groups in total. The molecule has 0 aliphatic carbocycles. The first-order valence-corrected chi connectivity index (χ1v) is 6.84. The SMILES string of the molecule is CCNC(Cc1ccc(F)c(F)c1)c1nccn1CC. The van der Waals surface area contributed by atoms with Crippen molar-refractivity contribution >= 4 is 0 Å². The summed E-state index contributed by atoms with van der Waals surface area (Å²) in [5.41, 5.74) is 0.750. The zero-order valence-electron chi connectivity index (χ0n) is 11.7. The first-order valence-electron chi connectivity index (χ1n) is 6.84. The van der Waals surface area contributed by atoms with E-state index in [1.165, 1.54) is 12.1 Å². The molecule has 0 spiro atoms. The molecule has 0 aliphatic rings. The second-order valence-corrected chi connectivity index (χ2v) is 4.63. The summed E-state index contributed by atoms with van der Waals surface area (Å²) in [4.78, 5) is 4.37. The van der Waals surface area contributed by atoms with E-state index in [2.05, 4.69) is 10.3 Å². The van der Waals surface area contributed by atoms with Crippen LogP contribution in [0.3, 0.4) is 0 Å². The quantitative estimate of drug-likeness (QED) is 0.880. The van der Waals surface area contributed by atoms with E-state index in [0.29, 0.717) is 6.42 Å². The lowest BCUT2D eigenvalue weighted by Gasteiger charge is -2.18. The number of imidazole rings is 1. The van der Waals surface area contributed by atoms with Crippen LogP contribution in [-0.4, -0.2) is 16.1 Å². The van der Waals surface area contributed by atoms with Crippen molar-refractivity contribution in [2.75, 3.05) is 6.54 Å². The van der Waals surface area contributed by atoms with Crippen molar-refractivity contribution in [1.29, 1.82) is 0 Å². The minimum absolute atomic E-state index is 0.0141. The Morgan fingerprint density at radius 2 is 2.05 bits per heavy atom. The first kappa shape index (κ1) is 14.7. The van der Waals surface area contributed by atoms with Crippen LogP contribution in [0.4, 0.5) is 8.78 Å². The third kappa shape index (κ3) is 3.22. The van der Waals surface area contributed by atoms with Gasteiger partial charge in [-0.25, -0.2) is 13.8 Å². The van der Waals surface area contributed by atoms with E-state index in [-0.39, 0.29) is 6.04 Å². The summed E-state index contributed by atoms with van der Waals surface area (Å²) < 4.78 is 28.3. The van der Waals surface area contributed by atoms with Crippen molar-refractivity contribution in [3.05, 3.63) is 53.6 Å². The van der Waals surface area contributed by atoms with E-state index in [0.717, 1.165) is 24.5 Å². The van der Waals surface area contributed by atoms with Crippen LogP contribution in [0.25, 0.3) is 0 Å². The maximum Gasteiger partial charge on any atom is 0.159 e. The predicted octanol–water partition coefficient (Wildman–Crippen LogP) is 3.07. The van der Waals surface area contributed by atoms with Gasteiger partial charge in [0.15, 0.2) is 11.6 Å². The Kier molecular flexibility index (Phi) is 4.84. The highest BCUT2D eigenvalue weighted by atomic mass is 19.2. The third-order valence-electron chi connectivity index (χ3n) is 3.27. The molecule has 0 aliphatic heterocycles. The molecule has 0 radical (unpaired) electrons. The molecule has 0 amide bonds. The van der Waals surface area contributed by atoms with Gasteiger partial charge in [0.05, 0.1) is 6.04 Å². The van der Waals surface area contributed by atoms with Gasteiger partial charge in [0, 0.05) is 18.9 Å². The highest BCUT2D eigenvalue weighted by molar-refractivity contribution is 5.20. The Morgan fingerprint density at radius 1 is 1.25 bits per heavy atom. The number of nitrogens with zero attached hydrogens (tertiary/aromatic N) is 2. The average Bonchev–Trinajstić information content (AvgIpc) is 2.90. The zero-order valence-corrected chi connectivity index (χ0v) is 11.7. The van der Waals surface area contributed by atoms with Gasteiger partial charge in [-0.05, 0) is 37.6 Å². The lowest BCUT2D eigenvalue weighted by atomic mass is 10.0. The topological polar surface area (TPSA) is 29.9 Å². The molecule has 1 atom stereocenters. The lowest BCUT2D eigenvalue weighted by Crippen LogP contribution is -2.26. The largest absolute Gasteiger partial charge is 0.334 e. The normalized spacial score (nSPS) is 12.6. The van der Waals surface area contributed by atoms with Crippen molar-refractivity contribution in [3.63, 3.8) is 0 Å². The minimum Gasteiger partial charge on any atom is -0.334 e. The van der Waals surface area contributed by atoms with E-state index in [9.17, 15) is 8.78 Å². The lowest BCUT2D eigenvalue weighted by molar-refractivity contribution is 0.486. The molecule has 5 heteroatoms. The summed E-state index contributed by atoms with van der Waals surface area (Å²) in [5.74, 6) is -0.709. The number of rotatable bonds is 6. The molecule has 2 aromatic rings. The fourth-order valence-electron chi connectivity index (χ4n) is 2.30. The molecule has 1 heterocycles. The molecule has 1 aromatic carbocycles.